The molecule has 0 radical (unpaired) electrons. The maximum absolute atomic E-state index is 12.1. The first-order chi connectivity index (χ1) is 9.60. The van der Waals surface area contributed by atoms with Gasteiger partial charge in [-0.1, -0.05) is 0 Å². The van der Waals surface area contributed by atoms with Gasteiger partial charge in [-0.2, -0.15) is 4.72 Å². The summed E-state index contributed by atoms with van der Waals surface area (Å²) in [5, 5.41) is 27.3. The van der Waals surface area contributed by atoms with Crippen LogP contribution in [0.5, 0.6) is 0 Å². The lowest BCUT2D eigenvalue weighted by atomic mass is 10.1. The summed E-state index contributed by atoms with van der Waals surface area (Å²) in [6, 6.07) is 4.41. The molecule has 120 valence electrons. The van der Waals surface area contributed by atoms with Crippen LogP contribution in [0, 0.1) is 0 Å². The lowest BCUT2D eigenvalue weighted by Crippen LogP contribution is -2.56. The van der Waals surface area contributed by atoms with Crippen molar-refractivity contribution in [2.75, 3.05) is 26.1 Å². The van der Waals surface area contributed by atoms with E-state index in [-0.39, 0.29) is 9.79 Å². The van der Waals surface area contributed by atoms with Crippen molar-refractivity contribution in [1.29, 1.82) is 0 Å². The summed E-state index contributed by atoms with van der Waals surface area (Å²) >= 11 is 0. The minimum absolute atomic E-state index is 0.0424. The van der Waals surface area contributed by atoms with Gasteiger partial charge in [-0.15, -0.1) is 0 Å². The summed E-state index contributed by atoms with van der Waals surface area (Å²) in [7, 11) is -7.59. The molecule has 0 fully saturated rings. The van der Waals surface area contributed by atoms with Crippen molar-refractivity contribution < 1.29 is 32.2 Å². The van der Waals surface area contributed by atoms with Gasteiger partial charge in [-0.05, 0) is 24.3 Å². The van der Waals surface area contributed by atoms with Crippen LogP contribution in [0.1, 0.15) is 0 Å². The van der Waals surface area contributed by atoms with E-state index in [4.69, 9.17) is 15.3 Å². The predicted molar refractivity (Wildman–Crippen MR) is 73.9 cm³/mol. The van der Waals surface area contributed by atoms with Crippen LogP contribution in [0.4, 0.5) is 0 Å². The van der Waals surface area contributed by atoms with Gasteiger partial charge in [-0.25, -0.2) is 16.8 Å². The van der Waals surface area contributed by atoms with Crippen molar-refractivity contribution in [1.82, 2.24) is 4.72 Å². The lowest BCUT2D eigenvalue weighted by Gasteiger charge is -2.28. The molecule has 10 heteroatoms. The molecule has 0 aliphatic carbocycles. The Kier molecular flexibility index (Phi) is 5.47. The Morgan fingerprint density at radius 3 is 1.62 bits per heavy atom. The number of hydrogen-bond acceptors (Lipinski definition) is 7. The molecule has 0 aliphatic heterocycles. The molecule has 1 aromatic carbocycles. The fourth-order valence-electron chi connectivity index (χ4n) is 1.46. The van der Waals surface area contributed by atoms with Crippen LogP contribution in [0.25, 0.3) is 0 Å². The molecule has 0 saturated carbocycles. The first kappa shape index (κ1) is 18.0. The second kappa shape index (κ2) is 6.38. The molecule has 0 atom stereocenters. The van der Waals surface area contributed by atoms with E-state index in [2.05, 4.69) is 0 Å². The van der Waals surface area contributed by atoms with Gasteiger partial charge in [0.15, 0.2) is 9.84 Å². The highest BCUT2D eigenvalue weighted by Crippen LogP contribution is 2.16. The van der Waals surface area contributed by atoms with Crippen LogP contribution in [-0.2, 0) is 19.9 Å². The van der Waals surface area contributed by atoms with E-state index >= 15 is 0 Å². The van der Waals surface area contributed by atoms with E-state index in [1.54, 1.807) is 0 Å². The summed E-state index contributed by atoms with van der Waals surface area (Å²) in [6.07, 6.45) is 0.989. The second-order valence-corrected chi connectivity index (χ2v) is 8.30. The monoisotopic (exact) mass is 339 g/mol. The first-order valence-electron chi connectivity index (χ1n) is 5.77. The maximum atomic E-state index is 12.1. The average Bonchev–Trinajstić information content (AvgIpc) is 2.44. The number of hydrogen-bond donors (Lipinski definition) is 4. The fourth-order valence-corrected chi connectivity index (χ4v) is 3.46. The number of sulfonamides is 1. The zero-order chi connectivity index (χ0) is 16.3. The predicted octanol–water partition coefficient (Wildman–Crippen LogP) is -1.92. The highest BCUT2D eigenvalue weighted by Gasteiger charge is 2.33. The summed E-state index contributed by atoms with van der Waals surface area (Å²) < 4.78 is 48.8. The fraction of sp³-hybridized carbons (Fsp3) is 0.455. The third kappa shape index (κ3) is 4.22. The van der Waals surface area contributed by atoms with Crippen molar-refractivity contribution in [3.8, 4) is 0 Å². The number of aliphatic hydroxyl groups excluding tert-OH is 3. The van der Waals surface area contributed by atoms with Crippen LogP contribution >= 0.6 is 0 Å². The molecule has 0 aliphatic rings. The Morgan fingerprint density at radius 1 is 0.905 bits per heavy atom. The number of aliphatic hydroxyl groups is 3. The van der Waals surface area contributed by atoms with Crippen LogP contribution < -0.4 is 4.72 Å². The Bertz CT molecular complexity index is 668. The Labute approximate surface area is 123 Å². The highest BCUT2D eigenvalue weighted by atomic mass is 32.2. The number of nitrogens with one attached hydrogen (secondary N) is 1. The molecule has 1 rings (SSSR count). The van der Waals surface area contributed by atoms with Crippen molar-refractivity contribution in [2.45, 2.75) is 15.3 Å². The van der Waals surface area contributed by atoms with Crippen LogP contribution in [0.3, 0.4) is 0 Å². The van der Waals surface area contributed by atoms with E-state index in [0.29, 0.717) is 0 Å². The molecule has 21 heavy (non-hydrogen) atoms. The maximum Gasteiger partial charge on any atom is 0.241 e. The Morgan fingerprint density at radius 2 is 1.29 bits per heavy atom. The van der Waals surface area contributed by atoms with Crippen molar-refractivity contribution in [2.24, 2.45) is 0 Å². The second-order valence-electron chi connectivity index (χ2n) is 4.60. The Hall–Kier alpha value is -1.04. The van der Waals surface area contributed by atoms with E-state index in [1.807, 2.05) is 4.72 Å². The van der Waals surface area contributed by atoms with Gasteiger partial charge in [0, 0.05) is 6.26 Å². The summed E-state index contributed by atoms with van der Waals surface area (Å²) in [5.74, 6) is 0. The van der Waals surface area contributed by atoms with E-state index in [1.165, 1.54) is 0 Å². The van der Waals surface area contributed by atoms with E-state index in [0.717, 1.165) is 30.5 Å². The van der Waals surface area contributed by atoms with Gasteiger partial charge in [0.25, 0.3) is 0 Å². The van der Waals surface area contributed by atoms with Crippen LogP contribution in [0.2, 0.25) is 0 Å². The number of rotatable bonds is 7. The quantitative estimate of drug-likeness (QED) is 0.454. The van der Waals surface area contributed by atoms with E-state index in [9.17, 15) is 16.8 Å². The van der Waals surface area contributed by atoms with Crippen molar-refractivity contribution in [3.05, 3.63) is 24.3 Å². The summed E-state index contributed by atoms with van der Waals surface area (Å²) in [6.45, 7) is -2.41. The molecule has 0 heterocycles. The van der Waals surface area contributed by atoms with Crippen molar-refractivity contribution >= 4 is 19.9 Å². The standard InChI is InChI=1S/C11H17NO7S2/c1-20(16,17)9-2-4-10(5-3-9)21(18,19)12-11(6-13,7-14)8-15/h2-5,12-15H,6-8H2,1H3. The summed E-state index contributed by atoms with van der Waals surface area (Å²) in [4.78, 5) is -0.297. The van der Waals surface area contributed by atoms with E-state index < -0.39 is 45.2 Å². The molecule has 0 bridgehead atoms. The molecule has 0 amide bonds. The zero-order valence-corrected chi connectivity index (χ0v) is 12.9. The molecular weight excluding hydrogens is 322 g/mol. The number of benzene rings is 1. The first-order valence-corrected chi connectivity index (χ1v) is 9.14. The minimum atomic E-state index is -4.14. The third-order valence-corrected chi connectivity index (χ3v) is 5.54. The molecular formula is C11H17NO7S2. The number of sulfone groups is 1. The average molecular weight is 339 g/mol. The highest BCUT2D eigenvalue weighted by molar-refractivity contribution is 7.90. The van der Waals surface area contributed by atoms with Crippen molar-refractivity contribution in [3.63, 3.8) is 0 Å². The van der Waals surface area contributed by atoms with Crippen LogP contribution in [0.15, 0.2) is 34.1 Å². The normalized spacial score (nSPS) is 13.3. The summed E-state index contributed by atoms with van der Waals surface area (Å²) in [5.41, 5.74) is -1.80. The molecule has 4 N–H and O–H groups in total. The van der Waals surface area contributed by atoms with Gasteiger partial charge in [0.05, 0.1) is 29.6 Å². The largest absolute Gasteiger partial charge is 0.394 e. The van der Waals surface area contributed by atoms with Gasteiger partial charge in [0.2, 0.25) is 10.0 Å². The molecule has 1 aromatic rings. The molecule has 0 spiro atoms. The molecule has 0 unspecified atom stereocenters. The Balaban J connectivity index is 3.14. The smallest absolute Gasteiger partial charge is 0.241 e. The SMILES string of the molecule is CS(=O)(=O)c1ccc(S(=O)(=O)NC(CO)(CO)CO)cc1. The van der Waals surface area contributed by atoms with Gasteiger partial charge < -0.3 is 15.3 Å². The van der Waals surface area contributed by atoms with Gasteiger partial charge in [0.1, 0.15) is 5.54 Å². The van der Waals surface area contributed by atoms with Gasteiger partial charge >= 0.3 is 0 Å². The van der Waals surface area contributed by atoms with Gasteiger partial charge in [-0.3, -0.25) is 0 Å². The minimum Gasteiger partial charge on any atom is -0.394 e. The lowest BCUT2D eigenvalue weighted by molar-refractivity contribution is 0.0582. The molecule has 8 nitrogen and oxygen atoms in total. The molecule has 0 aromatic heterocycles. The van der Waals surface area contributed by atoms with Crippen LogP contribution in [-0.4, -0.2) is 63.8 Å². The molecule has 0 saturated heterocycles. The zero-order valence-electron chi connectivity index (χ0n) is 11.2. The topological polar surface area (TPSA) is 141 Å². The third-order valence-electron chi connectivity index (χ3n) is 2.82.